The van der Waals surface area contributed by atoms with E-state index < -0.39 is 97.5 Å². The molecule has 17 nitrogen and oxygen atoms in total. The van der Waals surface area contributed by atoms with Crippen LogP contribution in [0.2, 0.25) is 0 Å². The summed E-state index contributed by atoms with van der Waals surface area (Å²) >= 11 is 0. The number of hydrogen-bond acceptors (Lipinski definition) is 15. The second-order valence-electron chi connectivity index (χ2n) is 26.2. The molecular weight excluding hydrogens is 1350 g/mol. The van der Waals surface area contributed by atoms with Crippen molar-refractivity contribution in [2.45, 2.75) is 329 Å². The Morgan fingerprint density at radius 3 is 0.769 bits per heavy atom. The van der Waals surface area contributed by atoms with Crippen molar-refractivity contribution in [3.8, 4) is 0 Å². The fourth-order valence-electron chi connectivity index (χ4n) is 10.3. The van der Waals surface area contributed by atoms with Crippen LogP contribution in [0.25, 0.3) is 0 Å². The number of esters is 4. The molecule has 19 heteroatoms. The van der Waals surface area contributed by atoms with Crippen molar-refractivity contribution >= 4 is 39.5 Å². The number of unbranched alkanes of at least 4 members (excludes halogenated alkanes) is 24. The molecule has 0 aliphatic rings. The molecule has 0 heterocycles. The molecule has 0 aromatic heterocycles. The molecule has 0 saturated heterocycles. The summed E-state index contributed by atoms with van der Waals surface area (Å²) in [6, 6.07) is 0. The highest BCUT2D eigenvalue weighted by Gasteiger charge is 2.30. The molecule has 5 unspecified atom stereocenters. The van der Waals surface area contributed by atoms with E-state index in [0.717, 1.165) is 212 Å². The SMILES string of the molecule is CC/C=C\C/C=C\C/C=C\CCCCCCCC(=O)OCC(COP(=O)(O)OCC(O)COP(=O)(O)OCC(COC(=O)CCCCCCCC/C=C\C/C=C\C/C=C\CCCCC)OC(=O)CCCCCCC/C=C\C/C=C\C/C=C\CC)OC(=O)CCCCCCC/C=C\C/C=C\C/C=C\CC. The zero-order valence-electron chi connectivity index (χ0n) is 64.9. The van der Waals surface area contributed by atoms with Crippen LogP contribution in [-0.2, 0) is 65.4 Å². The molecule has 0 saturated carbocycles. The number of allylic oxidation sites excluding steroid dienone is 24. The molecule has 0 rings (SSSR count). The van der Waals surface area contributed by atoms with Crippen molar-refractivity contribution < 1.29 is 80.2 Å². The summed E-state index contributed by atoms with van der Waals surface area (Å²) in [5, 5.41) is 10.6. The Labute approximate surface area is 630 Å². The molecule has 594 valence electrons. The predicted octanol–water partition coefficient (Wildman–Crippen LogP) is 23.4. The number of ether oxygens (including phenoxy) is 4. The smallest absolute Gasteiger partial charge is 0.462 e. The molecular formula is C85H142O17P2. The molecule has 0 amide bonds. The summed E-state index contributed by atoms with van der Waals surface area (Å²) in [6.45, 7) is 4.44. The minimum absolute atomic E-state index is 0.0672. The second kappa shape index (κ2) is 76.1. The van der Waals surface area contributed by atoms with Crippen molar-refractivity contribution in [2.24, 2.45) is 0 Å². The minimum atomic E-state index is -4.99. The lowest BCUT2D eigenvalue weighted by atomic mass is 10.1. The number of phosphoric acid groups is 2. The van der Waals surface area contributed by atoms with E-state index in [0.29, 0.717) is 25.7 Å². The van der Waals surface area contributed by atoms with Gasteiger partial charge in [0.15, 0.2) is 12.2 Å². The average Bonchev–Trinajstić information content (AvgIpc) is 0.912. The highest BCUT2D eigenvalue weighted by molar-refractivity contribution is 7.47. The van der Waals surface area contributed by atoms with Crippen LogP contribution in [0.1, 0.15) is 310 Å². The maximum atomic E-state index is 13.1. The summed E-state index contributed by atoms with van der Waals surface area (Å²) in [5.41, 5.74) is 0. The van der Waals surface area contributed by atoms with Crippen LogP contribution in [0, 0.1) is 0 Å². The van der Waals surface area contributed by atoms with E-state index in [1.54, 1.807) is 0 Å². The Kier molecular flexibility index (Phi) is 72.4. The summed E-state index contributed by atoms with van der Waals surface area (Å²) in [6.07, 6.45) is 86.8. The van der Waals surface area contributed by atoms with Gasteiger partial charge in [-0.05, 0) is 161 Å². The number of carbonyl (C=O) groups is 4. The Morgan fingerprint density at radius 2 is 0.500 bits per heavy atom. The predicted molar refractivity (Wildman–Crippen MR) is 427 cm³/mol. The third kappa shape index (κ3) is 75.2. The van der Waals surface area contributed by atoms with Gasteiger partial charge in [-0.1, -0.05) is 270 Å². The quantitative estimate of drug-likeness (QED) is 0.0169. The highest BCUT2D eigenvalue weighted by Crippen LogP contribution is 2.45. The van der Waals surface area contributed by atoms with Crippen LogP contribution >= 0.6 is 15.6 Å². The maximum absolute atomic E-state index is 13.1. The van der Waals surface area contributed by atoms with Gasteiger partial charge in [-0.2, -0.15) is 0 Å². The zero-order valence-corrected chi connectivity index (χ0v) is 66.7. The van der Waals surface area contributed by atoms with Crippen LogP contribution in [0.15, 0.2) is 146 Å². The topological polar surface area (TPSA) is 237 Å². The normalized spacial score (nSPS) is 14.6. The van der Waals surface area contributed by atoms with Gasteiger partial charge in [0.2, 0.25) is 0 Å². The molecule has 0 aromatic rings. The Hall–Kier alpha value is -5.06. The molecule has 0 aliphatic carbocycles. The van der Waals surface area contributed by atoms with E-state index in [4.69, 9.17) is 37.0 Å². The molecule has 0 bridgehead atoms. The molecule has 0 fully saturated rings. The first kappa shape index (κ1) is 98.9. The van der Waals surface area contributed by atoms with Gasteiger partial charge < -0.3 is 33.8 Å². The third-order valence-corrected chi connectivity index (χ3v) is 18.2. The van der Waals surface area contributed by atoms with Gasteiger partial charge in [-0.25, -0.2) is 9.13 Å². The summed E-state index contributed by atoms with van der Waals surface area (Å²) < 4.78 is 68.6. The molecule has 0 spiro atoms. The third-order valence-electron chi connectivity index (χ3n) is 16.3. The van der Waals surface area contributed by atoms with Crippen LogP contribution in [0.5, 0.6) is 0 Å². The van der Waals surface area contributed by atoms with Crippen molar-refractivity contribution in [1.82, 2.24) is 0 Å². The minimum Gasteiger partial charge on any atom is -0.462 e. The number of aliphatic hydroxyl groups excluding tert-OH is 1. The van der Waals surface area contributed by atoms with Crippen LogP contribution in [0.4, 0.5) is 0 Å². The first-order valence-electron chi connectivity index (χ1n) is 40.1. The number of rotatable bonds is 74. The summed E-state index contributed by atoms with van der Waals surface area (Å²) in [5.74, 6) is -2.25. The van der Waals surface area contributed by atoms with Crippen LogP contribution in [0.3, 0.4) is 0 Å². The van der Waals surface area contributed by atoms with Crippen molar-refractivity contribution in [3.63, 3.8) is 0 Å². The number of carbonyl (C=O) groups excluding carboxylic acids is 4. The lowest BCUT2D eigenvalue weighted by molar-refractivity contribution is -0.161. The van der Waals surface area contributed by atoms with Crippen LogP contribution in [-0.4, -0.2) is 96.7 Å². The van der Waals surface area contributed by atoms with E-state index >= 15 is 0 Å². The van der Waals surface area contributed by atoms with Gasteiger partial charge in [-0.3, -0.25) is 37.3 Å². The van der Waals surface area contributed by atoms with Gasteiger partial charge in [0.05, 0.1) is 26.4 Å². The van der Waals surface area contributed by atoms with Gasteiger partial charge in [0.25, 0.3) is 0 Å². The fourth-order valence-corrected chi connectivity index (χ4v) is 11.8. The van der Waals surface area contributed by atoms with Crippen molar-refractivity contribution in [2.75, 3.05) is 39.6 Å². The lowest BCUT2D eigenvalue weighted by Crippen LogP contribution is -2.30. The van der Waals surface area contributed by atoms with Gasteiger partial charge in [0, 0.05) is 25.7 Å². The van der Waals surface area contributed by atoms with E-state index in [1.807, 2.05) is 0 Å². The highest BCUT2D eigenvalue weighted by atomic mass is 31.2. The molecule has 5 atom stereocenters. The Bertz CT molecular complexity index is 2540. The number of aliphatic hydroxyl groups is 1. The van der Waals surface area contributed by atoms with E-state index in [-0.39, 0.29) is 25.7 Å². The Balaban J connectivity index is 5.41. The van der Waals surface area contributed by atoms with Crippen LogP contribution < -0.4 is 0 Å². The van der Waals surface area contributed by atoms with E-state index in [2.05, 4.69) is 174 Å². The molecule has 0 aliphatic heterocycles. The monoisotopic (exact) mass is 1500 g/mol. The van der Waals surface area contributed by atoms with Gasteiger partial charge in [0.1, 0.15) is 19.3 Å². The van der Waals surface area contributed by atoms with E-state index in [1.165, 1.54) is 19.3 Å². The zero-order chi connectivity index (χ0) is 76.0. The van der Waals surface area contributed by atoms with Crippen molar-refractivity contribution in [3.05, 3.63) is 146 Å². The summed E-state index contributed by atoms with van der Waals surface area (Å²) in [7, 11) is -9.98. The Morgan fingerprint density at radius 1 is 0.279 bits per heavy atom. The first-order chi connectivity index (χ1) is 50.7. The standard InChI is InChI=1S/C85H142O17P2/c1-5-9-13-17-21-25-29-33-37-38-39-40-44-46-50-54-58-62-66-70-83(88)96-76-81(102-85(90)72-68-64-60-56-52-48-43-36-32-28-24-20-16-12-8-4)78-100-104(93,94)98-74-79(86)73-97-103(91,92)99-77-80(101-84(89)71-67-63-59-55-51-47-42-35-31-27-23-19-15-11-7-3)75-95-82(87)69-65-61-57-53-49-45-41-34-30-26-22-18-14-10-6-2/h10-12,14-16,21-28,33-37,39-43,79-81,86H,5-9,13,17-20,29-32,38,44-78H2,1-4H3,(H,91,92)(H,93,94)/b14-10-,15-11-,16-12-,25-21-,26-22-,27-23-,28-24-,37-33-,40-39-,41-34-,42-35-,43-36-. The van der Waals surface area contributed by atoms with E-state index in [9.17, 15) is 43.2 Å². The largest absolute Gasteiger partial charge is 0.472 e. The number of hydrogen-bond donors (Lipinski definition) is 3. The lowest BCUT2D eigenvalue weighted by Gasteiger charge is -2.21. The second-order valence-corrected chi connectivity index (χ2v) is 29.1. The van der Waals surface area contributed by atoms with Gasteiger partial charge in [-0.15, -0.1) is 0 Å². The van der Waals surface area contributed by atoms with Gasteiger partial charge >= 0.3 is 39.5 Å². The maximum Gasteiger partial charge on any atom is 0.472 e. The number of phosphoric ester groups is 2. The first-order valence-corrected chi connectivity index (χ1v) is 43.1. The van der Waals surface area contributed by atoms with Crippen molar-refractivity contribution in [1.29, 1.82) is 0 Å². The molecule has 0 aromatic carbocycles. The average molecular weight is 1500 g/mol. The molecule has 0 radical (unpaired) electrons. The fraction of sp³-hybridized carbons (Fsp3) is 0.671. The summed E-state index contributed by atoms with van der Waals surface area (Å²) in [4.78, 5) is 73.1. The molecule has 3 N–H and O–H groups in total. The molecule has 104 heavy (non-hydrogen) atoms.